The number of piperidine rings is 3. The van der Waals surface area contributed by atoms with E-state index >= 15 is 0 Å². The van der Waals surface area contributed by atoms with E-state index in [1.54, 1.807) is 0 Å². The average molecular weight is 502 g/mol. The van der Waals surface area contributed by atoms with Crippen molar-refractivity contribution in [1.82, 2.24) is 5.16 Å². The number of benzene rings is 2. The SMILES string of the molecule is O=C(Cc1noc2ccccc12)C[N+]12CCC(CC1)[C@@H](OC(=O)C1(c3ccccc3)CCCCCC1)C2. The van der Waals surface area contributed by atoms with E-state index in [2.05, 4.69) is 17.3 Å². The minimum Gasteiger partial charge on any atom is -0.455 e. The van der Waals surface area contributed by atoms with Crippen molar-refractivity contribution in [3.63, 3.8) is 0 Å². The molecule has 4 aliphatic rings. The van der Waals surface area contributed by atoms with Crippen LogP contribution in [0.3, 0.4) is 0 Å². The first-order valence-corrected chi connectivity index (χ1v) is 14.0. The van der Waals surface area contributed by atoms with Crippen LogP contribution in [0.2, 0.25) is 0 Å². The van der Waals surface area contributed by atoms with E-state index in [1.165, 1.54) is 12.8 Å². The highest BCUT2D eigenvalue weighted by Crippen LogP contribution is 2.42. The number of para-hydroxylation sites is 1. The summed E-state index contributed by atoms with van der Waals surface area (Å²) in [5.74, 6) is 0.532. The molecule has 194 valence electrons. The van der Waals surface area contributed by atoms with Gasteiger partial charge in [0.1, 0.15) is 13.1 Å². The minimum atomic E-state index is -0.543. The molecule has 1 aromatic heterocycles. The Morgan fingerprint density at radius 3 is 2.41 bits per heavy atom. The zero-order valence-electron chi connectivity index (χ0n) is 21.6. The van der Waals surface area contributed by atoms with Gasteiger partial charge in [0.25, 0.3) is 0 Å². The van der Waals surface area contributed by atoms with E-state index in [-0.39, 0.29) is 24.3 Å². The Balaban J connectivity index is 1.17. The van der Waals surface area contributed by atoms with Crippen LogP contribution in [-0.2, 0) is 26.2 Å². The van der Waals surface area contributed by atoms with Crippen molar-refractivity contribution < 1.29 is 23.3 Å². The molecule has 4 fully saturated rings. The van der Waals surface area contributed by atoms with E-state index < -0.39 is 5.41 Å². The molecule has 3 aromatic rings. The zero-order valence-corrected chi connectivity index (χ0v) is 21.6. The first kappa shape index (κ1) is 24.4. The molecule has 0 spiro atoms. The van der Waals surface area contributed by atoms with E-state index in [1.807, 2.05) is 42.5 Å². The highest BCUT2D eigenvalue weighted by Gasteiger charge is 2.51. The maximum atomic E-state index is 14.0. The Bertz CT molecular complexity index is 1250. The molecule has 6 heteroatoms. The third-order valence-electron chi connectivity index (χ3n) is 9.30. The molecule has 3 aliphatic heterocycles. The minimum absolute atomic E-state index is 0.0436. The normalized spacial score (nSPS) is 27.0. The number of hydrogen-bond acceptors (Lipinski definition) is 5. The van der Waals surface area contributed by atoms with E-state index in [4.69, 9.17) is 9.26 Å². The Hall–Kier alpha value is -2.99. The number of rotatable bonds is 7. The molecular weight excluding hydrogens is 464 g/mol. The molecule has 0 amide bonds. The van der Waals surface area contributed by atoms with Crippen molar-refractivity contribution >= 4 is 22.7 Å². The molecule has 4 heterocycles. The number of Topliss-reactive ketones (excluding diaryl/α,β-unsaturated/α-hetero) is 1. The van der Waals surface area contributed by atoms with Gasteiger partial charge in [0.15, 0.2) is 17.5 Å². The van der Waals surface area contributed by atoms with Gasteiger partial charge in [-0.15, -0.1) is 0 Å². The fraction of sp³-hybridized carbons (Fsp3) is 0.516. The van der Waals surface area contributed by atoms with Crippen LogP contribution in [0.4, 0.5) is 0 Å². The molecule has 1 aliphatic carbocycles. The fourth-order valence-corrected chi connectivity index (χ4v) is 7.21. The molecular formula is C31H37N2O4+. The second-order valence-corrected chi connectivity index (χ2v) is 11.6. The van der Waals surface area contributed by atoms with Crippen LogP contribution in [0.25, 0.3) is 11.0 Å². The number of esters is 1. The van der Waals surface area contributed by atoms with Gasteiger partial charge >= 0.3 is 5.97 Å². The number of ether oxygens (including phenoxy) is 1. The third-order valence-corrected chi connectivity index (χ3v) is 9.30. The van der Waals surface area contributed by atoms with Crippen molar-refractivity contribution in [2.45, 2.75) is 69.3 Å². The van der Waals surface area contributed by atoms with Crippen molar-refractivity contribution in [1.29, 1.82) is 0 Å². The number of nitrogens with zero attached hydrogens (tertiary/aromatic N) is 2. The van der Waals surface area contributed by atoms with Gasteiger partial charge in [-0.1, -0.05) is 73.3 Å². The number of carbonyl (C=O) groups excluding carboxylic acids is 2. The number of ketones is 1. The van der Waals surface area contributed by atoms with Crippen LogP contribution in [-0.4, -0.2) is 53.7 Å². The molecule has 6 nitrogen and oxygen atoms in total. The summed E-state index contributed by atoms with van der Waals surface area (Å²) >= 11 is 0. The third kappa shape index (κ3) is 4.72. The number of carbonyl (C=O) groups is 2. The molecule has 2 aromatic carbocycles. The van der Waals surface area contributed by atoms with E-state index in [0.717, 1.165) is 73.6 Å². The summed E-state index contributed by atoms with van der Waals surface area (Å²) < 4.78 is 12.6. The van der Waals surface area contributed by atoms with Crippen molar-refractivity contribution in [2.24, 2.45) is 5.92 Å². The number of hydrogen-bond donors (Lipinski definition) is 0. The smallest absolute Gasteiger partial charge is 0.317 e. The second-order valence-electron chi connectivity index (χ2n) is 11.6. The summed E-state index contributed by atoms with van der Waals surface area (Å²) in [4.78, 5) is 27.2. The Morgan fingerprint density at radius 1 is 0.946 bits per heavy atom. The van der Waals surface area contributed by atoms with Gasteiger partial charge < -0.3 is 13.7 Å². The summed E-state index contributed by atoms with van der Waals surface area (Å²) in [6, 6.07) is 18.0. The van der Waals surface area contributed by atoms with Gasteiger partial charge in [-0.2, -0.15) is 0 Å². The maximum Gasteiger partial charge on any atom is 0.317 e. The topological polar surface area (TPSA) is 69.4 Å². The molecule has 7 rings (SSSR count). The van der Waals surface area contributed by atoms with E-state index in [9.17, 15) is 9.59 Å². The zero-order chi connectivity index (χ0) is 25.3. The molecule has 3 saturated heterocycles. The summed E-state index contributed by atoms with van der Waals surface area (Å²) in [5.41, 5.74) is 1.99. The monoisotopic (exact) mass is 501 g/mol. The largest absolute Gasteiger partial charge is 0.455 e. The van der Waals surface area contributed by atoms with Gasteiger partial charge in [-0.05, 0) is 30.5 Å². The molecule has 0 N–H and O–H groups in total. The first-order chi connectivity index (χ1) is 18.1. The summed E-state index contributed by atoms with van der Waals surface area (Å²) in [7, 11) is 0. The van der Waals surface area contributed by atoms with Gasteiger partial charge in [-0.3, -0.25) is 9.59 Å². The first-order valence-electron chi connectivity index (χ1n) is 14.0. The summed E-state index contributed by atoms with van der Waals surface area (Å²) in [5, 5.41) is 5.08. The van der Waals surface area contributed by atoms with Crippen LogP contribution < -0.4 is 0 Å². The van der Waals surface area contributed by atoms with Gasteiger partial charge in [0.05, 0.1) is 30.6 Å². The Morgan fingerprint density at radius 2 is 1.65 bits per heavy atom. The van der Waals surface area contributed by atoms with Gasteiger partial charge in [-0.25, -0.2) is 0 Å². The molecule has 0 unspecified atom stereocenters. The Kier molecular flexibility index (Phi) is 6.62. The number of quaternary nitrogens is 1. The summed E-state index contributed by atoms with van der Waals surface area (Å²) in [6.07, 6.45) is 8.38. The predicted molar refractivity (Wildman–Crippen MR) is 141 cm³/mol. The predicted octanol–water partition coefficient (Wildman–Crippen LogP) is 5.38. The molecule has 1 saturated carbocycles. The molecule has 2 bridgehead atoms. The van der Waals surface area contributed by atoms with Crippen molar-refractivity contribution in [3.05, 3.63) is 65.9 Å². The molecule has 0 radical (unpaired) electrons. The van der Waals surface area contributed by atoms with Crippen LogP contribution in [0.1, 0.15) is 62.6 Å². The van der Waals surface area contributed by atoms with Gasteiger partial charge in [0.2, 0.25) is 0 Å². The fourth-order valence-electron chi connectivity index (χ4n) is 7.21. The average Bonchev–Trinajstić information content (AvgIpc) is 3.15. The van der Waals surface area contributed by atoms with E-state index in [0.29, 0.717) is 23.7 Å². The Labute approximate surface area is 218 Å². The lowest BCUT2D eigenvalue weighted by molar-refractivity contribution is -0.939. The molecule has 37 heavy (non-hydrogen) atoms. The van der Waals surface area contributed by atoms with Gasteiger partial charge in [0, 0.05) is 24.1 Å². The quantitative estimate of drug-likeness (QED) is 0.247. The van der Waals surface area contributed by atoms with Crippen molar-refractivity contribution in [3.8, 4) is 0 Å². The second kappa shape index (κ2) is 10.1. The maximum absolute atomic E-state index is 14.0. The molecule has 1 atom stereocenters. The van der Waals surface area contributed by atoms with Crippen LogP contribution in [0.5, 0.6) is 0 Å². The number of aromatic nitrogens is 1. The summed E-state index contributed by atoms with van der Waals surface area (Å²) in [6.45, 7) is 3.17. The number of fused-ring (bicyclic) bond motifs is 4. The van der Waals surface area contributed by atoms with Crippen LogP contribution >= 0.6 is 0 Å². The highest BCUT2D eigenvalue weighted by atomic mass is 16.5. The highest BCUT2D eigenvalue weighted by molar-refractivity contribution is 5.88. The van der Waals surface area contributed by atoms with Crippen molar-refractivity contribution in [2.75, 3.05) is 26.2 Å². The van der Waals surface area contributed by atoms with Crippen LogP contribution in [0.15, 0.2) is 59.1 Å². The standard InChI is InChI=1S/C31H37N2O4/c34-25(20-27-26-12-6-7-13-28(26)37-32-27)21-33-18-14-23(15-19-33)29(22-33)36-30(35)31(16-8-1-2-9-17-31)24-10-4-3-5-11-24/h3-7,10-13,23,29H,1-2,8-9,14-22H2/q+1/t23?,29-,33?/m0/s1. The lowest BCUT2D eigenvalue weighted by Crippen LogP contribution is -2.66. The van der Waals surface area contributed by atoms with Crippen LogP contribution in [0, 0.1) is 5.92 Å². The lowest BCUT2D eigenvalue weighted by Gasteiger charge is -2.52. The lowest BCUT2D eigenvalue weighted by atomic mass is 9.74.